The largest absolute Gasteiger partial charge is 0.500 e. The fourth-order valence-electron chi connectivity index (χ4n) is 3.96. The molecule has 0 aromatic heterocycles. The van der Waals surface area contributed by atoms with Crippen molar-refractivity contribution in [1.29, 1.82) is 0 Å². The van der Waals surface area contributed by atoms with Crippen LogP contribution in [0.3, 0.4) is 0 Å². The molecule has 1 atom stereocenters. The molecule has 0 aliphatic heterocycles. The van der Waals surface area contributed by atoms with Crippen LogP contribution in [0.2, 0.25) is 0 Å². The number of ether oxygens (including phenoxy) is 1. The number of hydrogen-bond donors (Lipinski definition) is 1. The van der Waals surface area contributed by atoms with E-state index in [1.165, 1.54) is 19.2 Å². The number of alkyl halides is 3. The fraction of sp³-hybridized carbons (Fsp3) is 0.522. The van der Waals surface area contributed by atoms with E-state index in [-0.39, 0.29) is 42.7 Å². The Morgan fingerprint density at radius 2 is 1.84 bits per heavy atom. The van der Waals surface area contributed by atoms with E-state index < -0.39 is 29.3 Å². The minimum Gasteiger partial charge on any atom is -0.500 e. The van der Waals surface area contributed by atoms with Crippen LogP contribution >= 0.6 is 0 Å². The van der Waals surface area contributed by atoms with Crippen molar-refractivity contribution < 1.29 is 37.4 Å². The lowest BCUT2D eigenvalue weighted by atomic mass is 9.83. The number of aliphatic carboxylic acids is 1. The van der Waals surface area contributed by atoms with Crippen LogP contribution in [0.4, 0.5) is 13.2 Å². The maximum absolute atomic E-state index is 13.3. The van der Waals surface area contributed by atoms with Crippen LogP contribution in [0.5, 0.6) is 0 Å². The second kappa shape index (κ2) is 11.1. The molecule has 1 aromatic rings. The number of rotatable bonds is 9. The van der Waals surface area contributed by atoms with Gasteiger partial charge in [-0.3, -0.25) is 14.4 Å². The van der Waals surface area contributed by atoms with Crippen LogP contribution in [0.25, 0.3) is 0 Å². The molecule has 8 heteroatoms. The number of hydrogen-bond acceptors (Lipinski definition) is 4. The van der Waals surface area contributed by atoms with Gasteiger partial charge in [-0.15, -0.1) is 0 Å². The first-order valence-corrected chi connectivity index (χ1v) is 10.3. The number of carboxylic acids is 1. The molecule has 5 nitrogen and oxygen atoms in total. The molecule has 0 amide bonds. The van der Waals surface area contributed by atoms with Gasteiger partial charge in [-0.2, -0.15) is 13.2 Å². The average molecular weight is 440 g/mol. The molecule has 2 rings (SSSR count). The highest BCUT2D eigenvalue weighted by Crippen LogP contribution is 2.35. The average Bonchev–Trinajstić information content (AvgIpc) is 2.68. The van der Waals surface area contributed by atoms with Crippen LogP contribution in [0.15, 0.2) is 35.6 Å². The topological polar surface area (TPSA) is 80.7 Å². The number of unbranched alkanes of at least 4 members (excludes halogenated alkanes) is 1. The molecule has 0 bridgehead atoms. The Kier molecular flexibility index (Phi) is 8.83. The smallest absolute Gasteiger partial charge is 0.416 e. The van der Waals surface area contributed by atoms with Gasteiger partial charge in [0.1, 0.15) is 5.76 Å². The molecule has 0 heterocycles. The predicted octanol–water partition coefficient (Wildman–Crippen LogP) is 5.12. The van der Waals surface area contributed by atoms with E-state index >= 15 is 0 Å². The number of carbonyl (C=O) groups excluding carboxylic acids is 2. The highest BCUT2D eigenvalue weighted by Gasteiger charge is 2.34. The number of allylic oxidation sites excluding steroid dienone is 2. The SMILES string of the molecule is CO/C1=C(\C(=O)CCCCC(=O)O)C(=O)CC(Cc2ccccc2C(F)(F)F)CCC1. The Balaban J connectivity index is 2.15. The predicted molar refractivity (Wildman–Crippen MR) is 107 cm³/mol. The Hall–Kier alpha value is -2.64. The summed E-state index contributed by atoms with van der Waals surface area (Å²) in [5, 5.41) is 8.70. The number of methoxy groups -OCH3 is 1. The Morgan fingerprint density at radius 1 is 1.16 bits per heavy atom. The number of ketones is 2. The second-order valence-electron chi connectivity index (χ2n) is 7.77. The molecule has 31 heavy (non-hydrogen) atoms. The van der Waals surface area contributed by atoms with Gasteiger partial charge in [0, 0.05) is 25.7 Å². The van der Waals surface area contributed by atoms with E-state index in [0.717, 1.165) is 6.07 Å². The van der Waals surface area contributed by atoms with E-state index in [1.54, 1.807) is 6.07 Å². The first-order valence-electron chi connectivity index (χ1n) is 10.3. The molecule has 0 radical (unpaired) electrons. The summed E-state index contributed by atoms with van der Waals surface area (Å²) in [4.78, 5) is 36.2. The molecular formula is C23H27F3O5. The summed E-state index contributed by atoms with van der Waals surface area (Å²) in [7, 11) is 1.39. The molecule has 1 aliphatic carbocycles. The van der Waals surface area contributed by atoms with Gasteiger partial charge in [0.25, 0.3) is 0 Å². The summed E-state index contributed by atoms with van der Waals surface area (Å²) in [6.45, 7) is 0. The number of benzene rings is 1. The summed E-state index contributed by atoms with van der Waals surface area (Å²) in [6, 6.07) is 5.35. The van der Waals surface area contributed by atoms with Crippen molar-refractivity contribution >= 4 is 17.5 Å². The highest BCUT2D eigenvalue weighted by atomic mass is 19.4. The zero-order chi connectivity index (χ0) is 23.0. The van der Waals surface area contributed by atoms with E-state index in [1.807, 2.05) is 0 Å². The van der Waals surface area contributed by atoms with E-state index in [9.17, 15) is 27.6 Å². The van der Waals surface area contributed by atoms with Gasteiger partial charge in [0.05, 0.1) is 18.2 Å². The van der Waals surface area contributed by atoms with Crippen molar-refractivity contribution in [2.45, 2.75) is 64.0 Å². The van der Waals surface area contributed by atoms with Gasteiger partial charge >= 0.3 is 12.1 Å². The number of carboxylic acid groups (broad SMARTS) is 1. The summed E-state index contributed by atoms with van der Waals surface area (Å²) >= 11 is 0. The van der Waals surface area contributed by atoms with Crippen molar-refractivity contribution in [2.75, 3.05) is 7.11 Å². The van der Waals surface area contributed by atoms with Gasteiger partial charge in [0.15, 0.2) is 11.6 Å². The molecule has 0 spiro atoms. The van der Waals surface area contributed by atoms with E-state index in [2.05, 4.69) is 0 Å². The maximum atomic E-state index is 13.3. The molecule has 1 aromatic carbocycles. The molecule has 0 fully saturated rings. The summed E-state index contributed by atoms with van der Waals surface area (Å²) in [5.74, 6) is -1.78. The Bertz CT molecular complexity index is 842. The molecule has 1 N–H and O–H groups in total. The van der Waals surface area contributed by atoms with Crippen molar-refractivity contribution in [1.82, 2.24) is 0 Å². The Morgan fingerprint density at radius 3 is 2.48 bits per heavy atom. The quantitative estimate of drug-likeness (QED) is 0.426. The van der Waals surface area contributed by atoms with Crippen LogP contribution in [-0.4, -0.2) is 29.8 Å². The first-order chi connectivity index (χ1) is 14.6. The van der Waals surface area contributed by atoms with Crippen LogP contribution < -0.4 is 0 Å². The third-order valence-electron chi connectivity index (χ3n) is 5.45. The molecule has 0 saturated carbocycles. The maximum Gasteiger partial charge on any atom is 0.416 e. The van der Waals surface area contributed by atoms with Crippen molar-refractivity contribution in [3.8, 4) is 0 Å². The third kappa shape index (κ3) is 7.22. The van der Waals surface area contributed by atoms with Crippen LogP contribution in [0.1, 0.15) is 62.5 Å². The molecule has 1 aliphatic rings. The zero-order valence-electron chi connectivity index (χ0n) is 17.5. The lowest BCUT2D eigenvalue weighted by Gasteiger charge is -2.23. The third-order valence-corrected chi connectivity index (χ3v) is 5.45. The first kappa shape index (κ1) is 24.6. The van der Waals surface area contributed by atoms with Gasteiger partial charge in [0.2, 0.25) is 0 Å². The van der Waals surface area contributed by atoms with Gasteiger partial charge in [-0.25, -0.2) is 0 Å². The van der Waals surface area contributed by atoms with Gasteiger partial charge in [-0.1, -0.05) is 18.2 Å². The number of carbonyl (C=O) groups is 3. The second-order valence-corrected chi connectivity index (χ2v) is 7.77. The van der Waals surface area contributed by atoms with E-state index in [0.29, 0.717) is 37.9 Å². The minimum absolute atomic E-state index is 0.0216. The highest BCUT2D eigenvalue weighted by molar-refractivity contribution is 6.20. The van der Waals surface area contributed by atoms with Gasteiger partial charge in [-0.05, 0) is 49.7 Å². The van der Waals surface area contributed by atoms with Crippen LogP contribution in [0, 0.1) is 5.92 Å². The van der Waals surface area contributed by atoms with Crippen molar-refractivity contribution in [3.63, 3.8) is 0 Å². The van der Waals surface area contributed by atoms with Crippen molar-refractivity contribution in [2.24, 2.45) is 5.92 Å². The summed E-state index contributed by atoms with van der Waals surface area (Å²) in [5.41, 5.74) is -0.579. The van der Waals surface area contributed by atoms with Crippen LogP contribution in [-0.2, 0) is 31.7 Å². The molecular weight excluding hydrogens is 413 g/mol. The monoisotopic (exact) mass is 440 g/mol. The minimum atomic E-state index is -4.47. The number of Topliss-reactive ketones (excluding diaryl/α,β-unsaturated/α-hetero) is 2. The summed E-state index contributed by atoms with van der Waals surface area (Å²) < 4.78 is 45.2. The lowest BCUT2D eigenvalue weighted by molar-refractivity contribution is -0.138. The summed E-state index contributed by atoms with van der Waals surface area (Å²) in [6.07, 6.45) is -2.28. The molecule has 1 unspecified atom stereocenters. The zero-order valence-corrected chi connectivity index (χ0v) is 17.5. The number of halogens is 3. The van der Waals surface area contributed by atoms with E-state index in [4.69, 9.17) is 9.84 Å². The molecule has 0 saturated heterocycles. The normalized spacial score (nSPS) is 20.1. The fourth-order valence-corrected chi connectivity index (χ4v) is 3.96. The van der Waals surface area contributed by atoms with Gasteiger partial charge < -0.3 is 9.84 Å². The van der Waals surface area contributed by atoms with Crippen molar-refractivity contribution in [3.05, 3.63) is 46.7 Å². The Labute approximate surface area is 179 Å². The standard InChI is InChI=1S/C23H27F3O5/c1-31-20-11-6-7-15(13-16-8-2-3-9-17(16)23(24,25)26)14-19(28)22(20)18(27)10-4-5-12-21(29)30/h2-3,8-9,15H,4-7,10-14H2,1H3,(H,29,30)/b22-20+. The lowest BCUT2D eigenvalue weighted by Crippen LogP contribution is -2.23. The molecule has 170 valence electrons.